The van der Waals surface area contributed by atoms with Crippen LogP contribution in [0.4, 0.5) is 0 Å². The van der Waals surface area contributed by atoms with E-state index in [4.69, 9.17) is 9.47 Å². The van der Waals surface area contributed by atoms with E-state index in [1.54, 1.807) is 29.2 Å². The van der Waals surface area contributed by atoms with Crippen molar-refractivity contribution in [3.05, 3.63) is 54.6 Å². The molecule has 0 spiro atoms. The highest BCUT2D eigenvalue weighted by Crippen LogP contribution is 2.18. The Hall–Kier alpha value is -2.58. The number of likely N-dealkylation sites (tertiary alicyclic amines) is 1. The SMILES string of the molecule is COc1ccc(S(=O)(=O)NC2CCN(C(=O)COc3ccccc3)CC2)cc1. The molecule has 2 aromatic rings. The van der Waals surface area contributed by atoms with Crippen molar-refractivity contribution in [1.82, 2.24) is 9.62 Å². The molecule has 1 aliphatic rings. The zero-order valence-corrected chi connectivity index (χ0v) is 16.5. The number of sulfonamides is 1. The summed E-state index contributed by atoms with van der Waals surface area (Å²) < 4.78 is 38.3. The van der Waals surface area contributed by atoms with Crippen LogP contribution in [0.1, 0.15) is 12.8 Å². The van der Waals surface area contributed by atoms with E-state index >= 15 is 0 Å². The third-order valence-corrected chi connectivity index (χ3v) is 6.18. The summed E-state index contributed by atoms with van der Waals surface area (Å²) in [5, 5.41) is 0. The average Bonchev–Trinajstić information content (AvgIpc) is 2.73. The molecule has 0 unspecified atom stereocenters. The van der Waals surface area contributed by atoms with Crippen molar-refractivity contribution in [3.63, 3.8) is 0 Å². The number of nitrogens with zero attached hydrogens (tertiary/aromatic N) is 1. The van der Waals surface area contributed by atoms with Gasteiger partial charge in [0.2, 0.25) is 10.0 Å². The zero-order valence-electron chi connectivity index (χ0n) is 15.7. The van der Waals surface area contributed by atoms with Gasteiger partial charge >= 0.3 is 0 Å². The number of amides is 1. The Labute approximate surface area is 165 Å². The van der Waals surface area contributed by atoms with Gasteiger partial charge in [0, 0.05) is 19.1 Å². The lowest BCUT2D eigenvalue weighted by Crippen LogP contribution is -2.47. The Bertz CT molecular complexity index is 877. The summed E-state index contributed by atoms with van der Waals surface area (Å²) in [5.74, 6) is 1.15. The minimum atomic E-state index is -3.60. The van der Waals surface area contributed by atoms with Crippen LogP contribution in [0.5, 0.6) is 11.5 Å². The van der Waals surface area contributed by atoms with Crippen molar-refractivity contribution < 1.29 is 22.7 Å². The molecule has 8 heteroatoms. The van der Waals surface area contributed by atoms with Gasteiger partial charge in [0.25, 0.3) is 5.91 Å². The van der Waals surface area contributed by atoms with Crippen LogP contribution in [0.2, 0.25) is 0 Å². The van der Waals surface area contributed by atoms with Gasteiger partial charge in [-0.3, -0.25) is 4.79 Å². The fourth-order valence-electron chi connectivity index (χ4n) is 3.04. The molecule has 0 aromatic heterocycles. The van der Waals surface area contributed by atoms with Gasteiger partial charge in [-0.05, 0) is 49.2 Å². The maximum absolute atomic E-state index is 12.5. The molecule has 1 amide bonds. The Morgan fingerprint density at radius 2 is 1.68 bits per heavy atom. The number of hydrogen-bond acceptors (Lipinski definition) is 5. The van der Waals surface area contributed by atoms with Gasteiger partial charge in [-0.2, -0.15) is 0 Å². The van der Waals surface area contributed by atoms with Crippen molar-refractivity contribution in [2.45, 2.75) is 23.8 Å². The summed E-state index contributed by atoms with van der Waals surface area (Å²) in [6.45, 7) is 0.964. The minimum Gasteiger partial charge on any atom is -0.497 e. The van der Waals surface area contributed by atoms with Crippen LogP contribution in [0.25, 0.3) is 0 Å². The highest BCUT2D eigenvalue weighted by molar-refractivity contribution is 7.89. The first-order chi connectivity index (χ1) is 13.5. The molecule has 1 saturated heterocycles. The predicted octanol–water partition coefficient (Wildman–Crippen LogP) is 2.04. The van der Waals surface area contributed by atoms with Gasteiger partial charge in [0.1, 0.15) is 11.5 Å². The summed E-state index contributed by atoms with van der Waals surface area (Å²) in [7, 11) is -2.07. The van der Waals surface area contributed by atoms with E-state index in [9.17, 15) is 13.2 Å². The molecular formula is C20H24N2O5S. The van der Waals surface area contributed by atoms with Gasteiger partial charge in [-0.25, -0.2) is 13.1 Å². The van der Waals surface area contributed by atoms with Crippen molar-refractivity contribution in [2.24, 2.45) is 0 Å². The fourth-order valence-corrected chi connectivity index (χ4v) is 4.35. The second kappa shape index (κ2) is 9.07. The minimum absolute atomic E-state index is 0.0216. The molecule has 1 aliphatic heterocycles. The van der Waals surface area contributed by atoms with Gasteiger partial charge < -0.3 is 14.4 Å². The maximum Gasteiger partial charge on any atom is 0.260 e. The molecule has 1 N–H and O–H groups in total. The van der Waals surface area contributed by atoms with E-state index in [1.165, 1.54) is 19.2 Å². The quantitative estimate of drug-likeness (QED) is 0.763. The molecule has 2 aromatic carbocycles. The lowest BCUT2D eigenvalue weighted by atomic mass is 10.1. The summed E-state index contributed by atoms with van der Waals surface area (Å²) >= 11 is 0. The Kier molecular flexibility index (Phi) is 6.53. The van der Waals surface area contributed by atoms with Crippen molar-refractivity contribution in [2.75, 3.05) is 26.8 Å². The number of hydrogen-bond donors (Lipinski definition) is 1. The van der Waals surface area contributed by atoms with E-state index in [0.29, 0.717) is 37.4 Å². The van der Waals surface area contributed by atoms with Crippen molar-refractivity contribution >= 4 is 15.9 Å². The first-order valence-electron chi connectivity index (χ1n) is 9.10. The number of methoxy groups -OCH3 is 1. The smallest absolute Gasteiger partial charge is 0.260 e. The Morgan fingerprint density at radius 1 is 1.04 bits per heavy atom. The summed E-state index contributed by atoms with van der Waals surface area (Å²) in [4.78, 5) is 14.2. The number of rotatable bonds is 7. The van der Waals surface area contributed by atoms with Crippen LogP contribution in [-0.4, -0.2) is 52.1 Å². The zero-order chi connectivity index (χ0) is 20.0. The van der Waals surface area contributed by atoms with Crippen LogP contribution in [0, 0.1) is 0 Å². The van der Waals surface area contributed by atoms with Gasteiger partial charge in [-0.15, -0.1) is 0 Å². The lowest BCUT2D eigenvalue weighted by molar-refractivity contribution is -0.134. The molecule has 28 heavy (non-hydrogen) atoms. The van der Waals surface area contributed by atoms with Crippen LogP contribution in [-0.2, 0) is 14.8 Å². The lowest BCUT2D eigenvalue weighted by Gasteiger charge is -2.32. The molecule has 150 valence electrons. The normalized spacial score (nSPS) is 15.2. The molecule has 1 heterocycles. The third-order valence-electron chi connectivity index (χ3n) is 4.64. The first kappa shape index (κ1) is 20.2. The number of nitrogens with one attached hydrogen (secondary N) is 1. The molecule has 3 rings (SSSR count). The number of ether oxygens (including phenoxy) is 2. The van der Waals surface area contributed by atoms with E-state index < -0.39 is 10.0 Å². The predicted molar refractivity (Wildman–Crippen MR) is 105 cm³/mol. The fraction of sp³-hybridized carbons (Fsp3) is 0.350. The van der Waals surface area contributed by atoms with Crippen molar-refractivity contribution in [3.8, 4) is 11.5 Å². The van der Waals surface area contributed by atoms with Crippen LogP contribution in [0.3, 0.4) is 0 Å². The Balaban J connectivity index is 1.48. The van der Waals surface area contributed by atoms with E-state index in [-0.39, 0.29) is 23.5 Å². The highest BCUT2D eigenvalue weighted by atomic mass is 32.2. The van der Waals surface area contributed by atoms with Crippen LogP contribution >= 0.6 is 0 Å². The van der Waals surface area contributed by atoms with Crippen molar-refractivity contribution in [1.29, 1.82) is 0 Å². The molecule has 0 aliphatic carbocycles. The van der Waals surface area contributed by atoms with Gasteiger partial charge in [0.15, 0.2) is 6.61 Å². The second-order valence-corrected chi connectivity index (χ2v) is 8.27. The molecule has 7 nitrogen and oxygen atoms in total. The number of carbonyl (C=O) groups is 1. The van der Waals surface area contributed by atoms with E-state index in [2.05, 4.69) is 4.72 Å². The second-order valence-electron chi connectivity index (χ2n) is 6.55. The number of benzene rings is 2. The molecule has 0 saturated carbocycles. The number of piperidine rings is 1. The molecular weight excluding hydrogens is 380 g/mol. The van der Waals surface area contributed by atoms with E-state index in [0.717, 1.165) is 0 Å². The molecule has 0 bridgehead atoms. The highest BCUT2D eigenvalue weighted by Gasteiger charge is 2.26. The van der Waals surface area contributed by atoms with Crippen LogP contribution in [0.15, 0.2) is 59.5 Å². The largest absolute Gasteiger partial charge is 0.497 e. The van der Waals surface area contributed by atoms with Gasteiger partial charge in [-0.1, -0.05) is 18.2 Å². The van der Waals surface area contributed by atoms with Gasteiger partial charge in [0.05, 0.1) is 12.0 Å². The average molecular weight is 404 g/mol. The topological polar surface area (TPSA) is 84.9 Å². The first-order valence-corrected chi connectivity index (χ1v) is 10.6. The third kappa shape index (κ3) is 5.24. The summed E-state index contributed by atoms with van der Waals surface area (Å²) in [6.07, 6.45) is 1.12. The monoisotopic (exact) mass is 404 g/mol. The van der Waals surface area contributed by atoms with Crippen LogP contribution < -0.4 is 14.2 Å². The molecule has 0 atom stereocenters. The molecule has 0 radical (unpaired) electrons. The van der Waals surface area contributed by atoms with E-state index in [1.807, 2.05) is 18.2 Å². The standard InChI is InChI=1S/C20H24N2O5S/c1-26-17-7-9-19(10-8-17)28(24,25)21-16-11-13-22(14-12-16)20(23)15-27-18-5-3-2-4-6-18/h2-10,16,21H,11-15H2,1H3. The number of carbonyl (C=O) groups excluding carboxylic acids is 1. The number of para-hydroxylation sites is 1. The maximum atomic E-state index is 12.5. The Morgan fingerprint density at radius 3 is 2.29 bits per heavy atom. The summed E-state index contributed by atoms with van der Waals surface area (Å²) in [5.41, 5.74) is 0. The summed E-state index contributed by atoms with van der Waals surface area (Å²) in [6, 6.07) is 15.2. The molecule has 1 fully saturated rings.